The van der Waals surface area contributed by atoms with E-state index >= 15 is 0 Å². The van der Waals surface area contributed by atoms with E-state index in [0.717, 1.165) is 16.6 Å². The van der Waals surface area contributed by atoms with Gasteiger partial charge in [0.2, 0.25) is 0 Å². The number of hydrogen-bond acceptors (Lipinski definition) is 3. The lowest BCUT2D eigenvalue weighted by molar-refractivity contribution is 0.459. The van der Waals surface area contributed by atoms with Gasteiger partial charge in [0, 0.05) is 10.9 Å². The fourth-order valence-electron chi connectivity index (χ4n) is 2.03. The molecule has 98 valence electrons. The first kappa shape index (κ1) is 12.2. The smallest absolute Gasteiger partial charge is 0.123 e. The van der Waals surface area contributed by atoms with Crippen LogP contribution in [0, 0.1) is 0 Å². The van der Waals surface area contributed by atoms with Crippen molar-refractivity contribution in [3.05, 3.63) is 65.9 Å². The predicted octanol–water partition coefficient (Wildman–Crippen LogP) is 3.82. The first-order chi connectivity index (χ1) is 9.72. The molecule has 0 atom stereocenters. The molecular weight excluding hydrogens is 250 g/mol. The van der Waals surface area contributed by atoms with Gasteiger partial charge in [-0.25, -0.2) is 4.98 Å². The Bertz CT molecular complexity index is 794. The van der Waals surface area contributed by atoms with Gasteiger partial charge in [0.05, 0.1) is 11.2 Å². The number of pyridine rings is 1. The van der Waals surface area contributed by atoms with Crippen LogP contribution in [0.1, 0.15) is 11.3 Å². The molecule has 3 rings (SSSR count). The molecule has 2 aromatic carbocycles. The zero-order valence-electron chi connectivity index (χ0n) is 10.7. The fourth-order valence-corrected chi connectivity index (χ4v) is 2.03. The topological polar surface area (TPSA) is 53.4 Å². The number of aromatic hydroxyl groups is 2. The van der Waals surface area contributed by atoms with Crippen molar-refractivity contribution in [1.82, 2.24) is 4.98 Å². The van der Waals surface area contributed by atoms with E-state index in [1.165, 1.54) is 18.2 Å². The number of phenolic OH excluding ortho intramolecular Hbond substituents is 2. The summed E-state index contributed by atoms with van der Waals surface area (Å²) in [4.78, 5) is 4.51. The van der Waals surface area contributed by atoms with E-state index in [1.807, 2.05) is 36.4 Å². The Labute approximate surface area is 116 Å². The quantitative estimate of drug-likeness (QED) is 0.691. The summed E-state index contributed by atoms with van der Waals surface area (Å²) in [5.74, 6) is 0.244. The lowest BCUT2D eigenvalue weighted by Crippen LogP contribution is -1.82. The van der Waals surface area contributed by atoms with E-state index in [1.54, 1.807) is 12.2 Å². The van der Waals surface area contributed by atoms with Crippen LogP contribution >= 0.6 is 0 Å². The molecule has 20 heavy (non-hydrogen) atoms. The Morgan fingerprint density at radius 3 is 2.60 bits per heavy atom. The number of phenols is 2. The summed E-state index contributed by atoms with van der Waals surface area (Å²) in [7, 11) is 0. The highest BCUT2D eigenvalue weighted by atomic mass is 16.3. The van der Waals surface area contributed by atoms with Crippen LogP contribution in [-0.2, 0) is 0 Å². The molecule has 1 aromatic heterocycles. The van der Waals surface area contributed by atoms with E-state index in [9.17, 15) is 10.2 Å². The minimum absolute atomic E-state index is 0.119. The molecule has 0 aliphatic carbocycles. The highest BCUT2D eigenvalue weighted by Gasteiger charge is 1.99. The predicted molar refractivity (Wildman–Crippen MR) is 80.4 cm³/mol. The molecule has 0 radical (unpaired) electrons. The Morgan fingerprint density at radius 2 is 1.70 bits per heavy atom. The maximum atomic E-state index is 9.70. The largest absolute Gasteiger partial charge is 0.508 e. The zero-order valence-corrected chi connectivity index (χ0v) is 10.7. The van der Waals surface area contributed by atoms with Crippen molar-refractivity contribution in [3.8, 4) is 11.5 Å². The van der Waals surface area contributed by atoms with E-state index < -0.39 is 0 Å². The van der Waals surface area contributed by atoms with Gasteiger partial charge in [0.25, 0.3) is 0 Å². The van der Waals surface area contributed by atoms with Crippen LogP contribution in [0.3, 0.4) is 0 Å². The molecule has 0 saturated carbocycles. The Hall–Kier alpha value is -2.81. The van der Waals surface area contributed by atoms with Gasteiger partial charge < -0.3 is 10.2 Å². The van der Waals surface area contributed by atoms with Crippen molar-refractivity contribution in [1.29, 1.82) is 0 Å². The fraction of sp³-hybridized carbons (Fsp3) is 0. The monoisotopic (exact) mass is 263 g/mol. The van der Waals surface area contributed by atoms with Crippen LogP contribution in [-0.4, -0.2) is 15.2 Å². The molecular formula is C17H13NO2. The molecule has 3 heteroatoms. The van der Waals surface area contributed by atoms with E-state index in [-0.39, 0.29) is 11.5 Å². The maximum absolute atomic E-state index is 9.70. The van der Waals surface area contributed by atoms with Crippen molar-refractivity contribution in [2.45, 2.75) is 0 Å². The normalized spacial score (nSPS) is 11.2. The molecule has 0 saturated heterocycles. The summed E-state index contributed by atoms with van der Waals surface area (Å²) in [5.41, 5.74) is 2.28. The third kappa shape index (κ3) is 2.47. The van der Waals surface area contributed by atoms with Gasteiger partial charge in [-0.15, -0.1) is 0 Å². The van der Waals surface area contributed by atoms with Crippen LogP contribution < -0.4 is 0 Å². The molecule has 1 heterocycles. The number of hydrogen-bond donors (Lipinski definition) is 2. The SMILES string of the molecule is Oc1ccc(O)c(/C=C/c2ccc3ccccc3n2)c1. The molecule has 0 fully saturated rings. The molecule has 0 unspecified atom stereocenters. The maximum Gasteiger partial charge on any atom is 0.123 e. The molecule has 0 bridgehead atoms. The van der Waals surface area contributed by atoms with E-state index in [2.05, 4.69) is 4.98 Å². The van der Waals surface area contributed by atoms with Crippen LogP contribution in [0.4, 0.5) is 0 Å². The zero-order chi connectivity index (χ0) is 13.9. The number of fused-ring (bicyclic) bond motifs is 1. The van der Waals surface area contributed by atoms with E-state index in [0.29, 0.717) is 5.56 Å². The van der Waals surface area contributed by atoms with Gasteiger partial charge in [-0.3, -0.25) is 0 Å². The minimum atomic E-state index is 0.119. The third-order valence-electron chi connectivity index (χ3n) is 3.06. The second-order valence-corrected chi connectivity index (χ2v) is 4.51. The lowest BCUT2D eigenvalue weighted by atomic mass is 10.1. The number of para-hydroxylation sites is 1. The molecule has 0 aliphatic rings. The number of nitrogens with zero attached hydrogens (tertiary/aromatic N) is 1. The second-order valence-electron chi connectivity index (χ2n) is 4.51. The minimum Gasteiger partial charge on any atom is -0.508 e. The summed E-state index contributed by atoms with van der Waals surface area (Å²) in [5, 5.41) is 20.2. The summed E-state index contributed by atoms with van der Waals surface area (Å²) in [6, 6.07) is 16.2. The number of benzene rings is 2. The van der Waals surface area contributed by atoms with Gasteiger partial charge in [-0.05, 0) is 42.5 Å². The van der Waals surface area contributed by atoms with Crippen LogP contribution in [0.15, 0.2) is 54.6 Å². The average molecular weight is 263 g/mol. The van der Waals surface area contributed by atoms with Crippen molar-refractivity contribution in [2.75, 3.05) is 0 Å². The van der Waals surface area contributed by atoms with Crippen molar-refractivity contribution < 1.29 is 10.2 Å². The molecule has 0 spiro atoms. The third-order valence-corrected chi connectivity index (χ3v) is 3.06. The Balaban J connectivity index is 1.96. The molecule has 3 nitrogen and oxygen atoms in total. The first-order valence-electron chi connectivity index (χ1n) is 6.28. The van der Waals surface area contributed by atoms with Crippen molar-refractivity contribution >= 4 is 23.1 Å². The summed E-state index contributed by atoms with van der Waals surface area (Å²) >= 11 is 0. The lowest BCUT2D eigenvalue weighted by Gasteiger charge is -2.01. The van der Waals surface area contributed by atoms with Crippen molar-refractivity contribution in [2.24, 2.45) is 0 Å². The molecule has 0 amide bonds. The summed E-state index contributed by atoms with van der Waals surface area (Å²) in [6.45, 7) is 0. The Kier molecular flexibility index (Phi) is 3.09. The summed E-state index contributed by atoms with van der Waals surface area (Å²) < 4.78 is 0. The summed E-state index contributed by atoms with van der Waals surface area (Å²) in [6.07, 6.45) is 3.53. The first-order valence-corrected chi connectivity index (χ1v) is 6.28. The van der Waals surface area contributed by atoms with Crippen LogP contribution in [0.2, 0.25) is 0 Å². The molecule has 0 aliphatic heterocycles. The van der Waals surface area contributed by atoms with Gasteiger partial charge in [-0.2, -0.15) is 0 Å². The highest BCUT2D eigenvalue weighted by Crippen LogP contribution is 2.24. The van der Waals surface area contributed by atoms with Gasteiger partial charge in [0.1, 0.15) is 11.5 Å². The highest BCUT2D eigenvalue weighted by molar-refractivity contribution is 5.81. The van der Waals surface area contributed by atoms with Gasteiger partial charge in [0.15, 0.2) is 0 Å². The average Bonchev–Trinajstić information content (AvgIpc) is 2.48. The Morgan fingerprint density at radius 1 is 0.850 bits per heavy atom. The van der Waals surface area contributed by atoms with Crippen LogP contribution in [0.5, 0.6) is 11.5 Å². The number of rotatable bonds is 2. The van der Waals surface area contributed by atoms with Crippen LogP contribution in [0.25, 0.3) is 23.1 Å². The molecule has 2 N–H and O–H groups in total. The standard InChI is InChI=1S/C17H13NO2/c19-15-9-10-17(20)13(11-15)6-8-14-7-5-12-3-1-2-4-16(12)18-14/h1-11,19-20H/b8-6+. The van der Waals surface area contributed by atoms with Gasteiger partial charge >= 0.3 is 0 Å². The second kappa shape index (κ2) is 5.05. The van der Waals surface area contributed by atoms with Gasteiger partial charge in [-0.1, -0.05) is 24.3 Å². The van der Waals surface area contributed by atoms with Crippen molar-refractivity contribution in [3.63, 3.8) is 0 Å². The molecule has 3 aromatic rings. The number of aromatic nitrogens is 1. The van der Waals surface area contributed by atoms with E-state index in [4.69, 9.17) is 0 Å².